The third-order valence-electron chi connectivity index (χ3n) is 5.52. The summed E-state index contributed by atoms with van der Waals surface area (Å²) in [6, 6.07) is 14.5. The van der Waals surface area contributed by atoms with Crippen LogP contribution in [0.2, 0.25) is 0 Å². The SMILES string of the molecule is CCOc1cc([C@H]2c3c(oc4ccccc4c3=O)C(=O)N2c2ccc(C)cn2)ccc1O. The van der Waals surface area contributed by atoms with E-state index in [0.717, 1.165) is 5.56 Å². The number of carbonyl (C=O) groups is 1. The Balaban J connectivity index is 1.79. The van der Waals surface area contributed by atoms with Crippen LogP contribution in [-0.2, 0) is 0 Å². The van der Waals surface area contributed by atoms with Crippen molar-refractivity contribution in [3.05, 3.63) is 93.5 Å². The molecule has 2 aromatic heterocycles. The lowest BCUT2D eigenvalue weighted by molar-refractivity contribution is 0.0970. The van der Waals surface area contributed by atoms with Crippen LogP contribution in [0.1, 0.15) is 40.2 Å². The number of amides is 1. The molecule has 7 nitrogen and oxygen atoms in total. The first kappa shape index (κ1) is 19.8. The number of nitrogens with zero attached hydrogens (tertiary/aromatic N) is 2. The van der Waals surface area contributed by atoms with Gasteiger partial charge in [0, 0.05) is 6.20 Å². The van der Waals surface area contributed by atoms with Gasteiger partial charge < -0.3 is 14.3 Å². The molecule has 0 spiro atoms. The van der Waals surface area contributed by atoms with Crippen molar-refractivity contribution in [1.82, 2.24) is 4.98 Å². The Labute approximate surface area is 183 Å². The number of ether oxygens (including phenoxy) is 1. The molecular formula is C25H20N2O5. The second-order valence-corrected chi connectivity index (χ2v) is 7.60. The van der Waals surface area contributed by atoms with E-state index < -0.39 is 11.9 Å². The molecule has 0 radical (unpaired) electrons. The summed E-state index contributed by atoms with van der Waals surface area (Å²) in [7, 11) is 0. The average molecular weight is 428 g/mol. The minimum atomic E-state index is -0.784. The molecule has 1 aliphatic heterocycles. The van der Waals surface area contributed by atoms with Crippen molar-refractivity contribution in [2.75, 3.05) is 11.5 Å². The molecule has 0 bridgehead atoms. The number of aromatic nitrogens is 1. The summed E-state index contributed by atoms with van der Waals surface area (Å²) in [5.41, 5.74) is 1.86. The van der Waals surface area contributed by atoms with Crippen LogP contribution in [0.15, 0.2) is 70.0 Å². The monoisotopic (exact) mass is 428 g/mol. The highest BCUT2D eigenvalue weighted by Crippen LogP contribution is 2.42. The zero-order valence-corrected chi connectivity index (χ0v) is 17.5. The minimum absolute atomic E-state index is 0.00731. The van der Waals surface area contributed by atoms with Crippen LogP contribution < -0.4 is 15.1 Å². The van der Waals surface area contributed by atoms with E-state index in [0.29, 0.717) is 29.0 Å². The third-order valence-corrected chi connectivity index (χ3v) is 5.52. The van der Waals surface area contributed by atoms with Gasteiger partial charge in [0.25, 0.3) is 5.91 Å². The number of fused-ring (bicyclic) bond motifs is 2. The zero-order valence-electron chi connectivity index (χ0n) is 17.5. The van der Waals surface area contributed by atoms with E-state index in [9.17, 15) is 14.7 Å². The molecule has 1 amide bonds. The van der Waals surface area contributed by atoms with Gasteiger partial charge in [0.2, 0.25) is 5.76 Å². The van der Waals surface area contributed by atoms with Gasteiger partial charge in [0.15, 0.2) is 16.9 Å². The maximum atomic E-state index is 13.5. The number of anilines is 1. The highest BCUT2D eigenvalue weighted by atomic mass is 16.5. The van der Waals surface area contributed by atoms with Crippen molar-refractivity contribution in [3.8, 4) is 11.5 Å². The number of phenolic OH excluding ortho intramolecular Hbond substituents is 1. The van der Waals surface area contributed by atoms with Crippen LogP contribution in [0.4, 0.5) is 5.82 Å². The first-order valence-corrected chi connectivity index (χ1v) is 10.3. The molecule has 1 aliphatic rings. The van der Waals surface area contributed by atoms with Crippen molar-refractivity contribution < 1.29 is 19.1 Å². The summed E-state index contributed by atoms with van der Waals surface area (Å²) in [5.74, 6) is 0.187. The largest absolute Gasteiger partial charge is 0.504 e. The van der Waals surface area contributed by atoms with E-state index >= 15 is 0 Å². The molecule has 160 valence electrons. The molecule has 7 heteroatoms. The van der Waals surface area contributed by atoms with Crippen molar-refractivity contribution in [1.29, 1.82) is 0 Å². The molecule has 3 heterocycles. The van der Waals surface area contributed by atoms with Gasteiger partial charge in [0.1, 0.15) is 11.4 Å². The Morgan fingerprint density at radius 2 is 1.94 bits per heavy atom. The fraction of sp³-hybridized carbons (Fsp3) is 0.160. The van der Waals surface area contributed by atoms with Gasteiger partial charge in [-0.25, -0.2) is 4.98 Å². The van der Waals surface area contributed by atoms with E-state index in [1.807, 2.05) is 19.9 Å². The summed E-state index contributed by atoms with van der Waals surface area (Å²) in [6.07, 6.45) is 1.66. The standard InChI is InChI=1S/C25H20N2O5/c1-3-31-19-12-15(9-10-17(19)28)22-21-23(29)16-6-4-5-7-18(16)32-24(21)25(30)27(22)20-11-8-14(2)13-26-20/h4-13,22,28H,3H2,1-2H3/t22-/m0/s1. The summed E-state index contributed by atoms with van der Waals surface area (Å²) < 4.78 is 11.5. The van der Waals surface area contributed by atoms with Gasteiger partial charge in [0.05, 0.1) is 23.6 Å². The first-order valence-electron chi connectivity index (χ1n) is 10.3. The number of aromatic hydroxyl groups is 1. The van der Waals surface area contributed by atoms with E-state index in [-0.39, 0.29) is 28.3 Å². The van der Waals surface area contributed by atoms with Crippen LogP contribution in [0.3, 0.4) is 0 Å². The highest BCUT2D eigenvalue weighted by molar-refractivity contribution is 6.10. The van der Waals surface area contributed by atoms with Crippen LogP contribution in [0.5, 0.6) is 11.5 Å². The van der Waals surface area contributed by atoms with Crippen molar-refractivity contribution in [2.45, 2.75) is 19.9 Å². The predicted molar refractivity (Wildman–Crippen MR) is 119 cm³/mol. The van der Waals surface area contributed by atoms with Gasteiger partial charge in [-0.3, -0.25) is 14.5 Å². The molecule has 32 heavy (non-hydrogen) atoms. The average Bonchev–Trinajstić information content (AvgIpc) is 3.09. The van der Waals surface area contributed by atoms with Gasteiger partial charge in [-0.1, -0.05) is 24.3 Å². The third kappa shape index (κ3) is 3.01. The molecule has 5 rings (SSSR count). The van der Waals surface area contributed by atoms with E-state index in [1.54, 1.807) is 48.7 Å². The molecule has 0 unspecified atom stereocenters. The molecule has 4 aromatic rings. The molecule has 1 N–H and O–H groups in total. The van der Waals surface area contributed by atoms with E-state index in [2.05, 4.69) is 4.98 Å². The van der Waals surface area contributed by atoms with Crippen LogP contribution in [0.25, 0.3) is 11.0 Å². The lowest BCUT2D eigenvalue weighted by Gasteiger charge is -2.24. The van der Waals surface area contributed by atoms with Gasteiger partial charge >= 0.3 is 0 Å². The Bertz CT molecular complexity index is 1410. The van der Waals surface area contributed by atoms with Crippen molar-refractivity contribution >= 4 is 22.7 Å². The molecule has 0 saturated heterocycles. The number of rotatable bonds is 4. The Kier molecular flexibility index (Phi) is 4.66. The lowest BCUT2D eigenvalue weighted by Crippen LogP contribution is -2.30. The second-order valence-electron chi connectivity index (χ2n) is 7.60. The molecule has 1 atom stereocenters. The summed E-state index contributed by atoms with van der Waals surface area (Å²) in [4.78, 5) is 32.9. The summed E-state index contributed by atoms with van der Waals surface area (Å²) in [6.45, 7) is 4.07. The normalized spacial score (nSPS) is 15.2. The second kappa shape index (κ2) is 7.53. The van der Waals surface area contributed by atoms with Gasteiger partial charge in [-0.2, -0.15) is 0 Å². The van der Waals surface area contributed by atoms with E-state index in [1.165, 1.54) is 11.0 Å². The summed E-state index contributed by atoms with van der Waals surface area (Å²) in [5, 5.41) is 10.6. The number of para-hydroxylation sites is 1. The molecule has 2 aromatic carbocycles. The molecule has 0 fully saturated rings. The Morgan fingerprint density at radius 3 is 2.69 bits per heavy atom. The van der Waals surface area contributed by atoms with Crippen LogP contribution in [0, 0.1) is 6.92 Å². The van der Waals surface area contributed by atoms with Crippen molar-refractivity contribution in [2.24, 2.45) is 0 Å². The minimum Gasteiger partial charge on any atom is -0.504 e. The number of hydrogen-bond acceptors (Lipinski definition) is 6. The maximum Gasteiger partial charge on any atom is 0.296 e. The fourth-order valence-corrected chi connectivity index (χ4v) is 4.05. The molecule has 0 aliphatic carbocycles. The highest BCUT2D eigenvalue weighted by Gasteiger charge is 2.44. The van der Waals surface area contributed by atoms with E-state index in [4.69, 9.17) is 9.15 Å². The van der Waals surface area contributed by atoms with Gasteiger partial charge in [-0.15, -0.1) is 0 Å². The van der Waals surface area contributed by atoms with Crippen molar-refractivity contribution in [3.63, 3.8) is 0 Å². The fourth-order valence-electron chi connectivity index (χ4n) is 4.05. The number of phenols is 1. The Morgan fingerprint density at radius 1 is 1.12 bits per heavy atom. The molecular weight excluding hydrogens is 408 g/mol. The number of benzene rings is 2. The quantitative estimate of drug-likeness (QED) is 0.519. The topological polar surface area (TPSA) is 92.9 Å². The molecule has 0 saturated carbocycles. The van der Waals surface area contributed by atoms with Gasteiger partial charge in [-0.05, 0) is 55.3 Å². The number of pyridine rings is 1. The smallest absolute Gasteiger partial charge is 0.296 e. The predicted octanol–water partition coefficient (Wildman–Crippen LogP) is 4.35. The maximum absolute atomic E-state index is 13.5. The van der Waals surface area contributed by atoms with Crippen LogP contribution in [-0.4, -0.2) is 22.6 Å². The number of aryl methyl sites for hydroxylation is 1. The Hall–Kier alpha value is -4.13. The summed E-state index contributed by atoms with van der Waals surface area (Å²) >= 11 is 0. The van der Waals surface area contributed by atoms with Crippen LogP contribution >= 0.6 is 0 Å². The zero-order chi connectivity index (χ0) is 22.4. The number of hydrogen-bond donors (Lipinski definition) is 1. The lowest BCUT2D eigenvalue weighted by atomic mass is 9.98. The first-order chi connectivity index (χ1) is 15.5. The number of carbonyl (C=O) groups excluding carboxylic acids is 1.